The van der Waals surface area contributed by atoms with Gasteiger partial charge < -0.3 is 4.74 Å². The second-order valence-corrected chi connectivity index (χ2v) is 11.3. The number of esters is 1. The van der Waals surface area contributed by atoms with Crippen LogP contribution in [-0.4, -0.2) is 30.8 Å². The van der Waals surface area contributed by atoms with Crippen LogP contribution in [0.1, 0.15) is 112 Å². The van der Waals surface area contributed by atoms with E-state index < -0.39 is 24.2 Å². The summed E-state index contributed by atoms with van der Waals surface area (Å²) in [5, 5.41) is 0. The lowest BCUT2D eigenvalue weighted by Gasteiger charge is -2.21. The van der Waals surface area contributed by atoms with Gasteiger partial charge in [-0.05, 0) is 65.8 Å². The molecule has 1 unspecified atom stereocenters. The Kier molecular flexibility index (Phi) is 15.1. The number of alkyl halides is 3. The van der Waals surface area contributed by atoms with Crippen molar-refractivity contribution in [1.82, 2.24) is 0 Å². The van der Waals surface area contributed by atoms with E-state index in [1.165, 1.54) is 37.8 Å². The molecule has 0 N–H and O–H groups in total. The molecule has 0 spiro atoms. The van der Waals surface area contributed by atoms with E-state index in [1.54, 1.807) is 24.3 Å². The van der Waals surface area contributed by atoms with Gasteiger partial charge in [-0.3, -0.25) is 4.89 Å². The number of carbonyl (C=O) groups excluding carboxylic acids is 2. The molecule has 0 saturated heterocycles. The van der Waals surface area contributed by atoms with Crippen molar-refractivity contribution in [1.29, 1.82) is 0 Å². The monoisotopic (exact) mass is 626 g/mol. The average molecular weight is 627 g/mol. The molecule has 0 amide bonds. The van der Waals surface area contributed by atoms with Crippen LogP contribution in [0.15, 0.2) is 72.8 Å². The predicted molar refractivity (Wildman–Crippen MR) is 171 cm³/mol. The molecule has 0 aliphatic carbocycles. The van der Waals surface area contributed by atoms with Crippen molar-refractivity contribution in [2.75, 3.05) is 6.61 Å². The van der Waals surface area contributed by atoms with E-state index in [4.69, 9.17) is 14.5 Å². The van der Waals surface area contributed by atoms with Crippen molar-refractivity contribution >= 4 is 11.9 Å². The van der Waals surface area contributed by atoms with Gasteiger partial charge in [0.05, 0.1) is 17.7 Å². The highest BCUT2D eigenvalue weighted by molar-refractivity contribution is 5.95. The molecule has 0 fully saturated rings. The Morgan fingerprint density at radius 1 is 0.644 bits per heavy atom. The van der Waals surface area contributed by atoms with Crippen molar-refractivity contribution in [2.24, 2.45) is 0 Å². The van der Waals surface area contributed by atoms with E-state index in [2.05, 4.69) is 6.92 Å². The number of benzene rings is 3. The molecule has 3 aromatic rings. The first-order valence-electron chi connectivity index (χ1n) is 16.2. The number of carbonyl (C=O) groups is 2. The highest BCUT2D eigenvalue weighted by Crippen LogP contribution is 2.34. The number of hydrogen-bond donors (Lipinski definition) is 0. The third kappa shape index (κ3) is 12.0. The van der Waals surface area contributed by atoms with Gasteiger partial charge in [0.25, 0.3) is 0 Å². The van der Waals surface area contributed by atoms with Crippen molar-refractivity contribution in [3.05, 3.63) is 83.9 Å². The van der Waals surface area contributed by atoms with Gasteiger partial charge in [0.2, 0.25) is 0 Å². The summed E-state index contributed by atoms with van der Waals surface area (Å²) in [5.41, 5.74) is 3.38. The Balaban J connectivity index is 1.71. The summed E-state index contributed by atoms with van der Waals surface area (Å²) in [7, 11) is 0. The van der Waals surface area contributed by atoms with Gasteiger partial charge in [-0.1, -0.05) is 120 Å². The fourth-order valence-electron chi connectivity index (χ4n) is 5.07. The van der Waals surface area contributed by atoms with Gasteiger partial charge in [-0.2, -0.15) is 18.1 Å². The number of unbranched alkanes of at least 4 members (excludes halogenated alkanes) is 9. The molecular formula is C37H45F3O5. The summed E-state index contributed by atoms with van der Waals surface area (Å²) in [4.78, 5) is 35.8. The molecule has 3 rings (SSSR count). The fraction of sp³-hybridized carbons (Fsp3) is 0.459. The SMILES string of the molecule is CCCCCCCCCOOC(=O)c1ccc(-c2ccccc2)c(-c2ccc(C(=O)OC(CCCCCC)C(F)(F)F)cc2)c1. The first-order chi connectivity index (χ1) is 21.7. The molecule has 3 aromatic carbocycles. The van der Waals surface area contributed by atoms with E-state index >= 15 is 0 Å². The first kappa shape index (κ1) is 35.8. The minimum Gasteiger partial charge on any atom is -0.449 e. The molecule has 5 nitrogen and oxygen atoms in total. The second-order valence-electron chi connectivity index (χ2n) is 11.3. The van der Waals surface area contributed by atoms with Crippen LogP contribution in [-0.2, 0) is 14.5 Å². The molecule has 0 bridgehead atoms. The topological polar surface area (TPSA) is 61.8 Å². The van der Waals surface area contributed by atoms with Crippen LogP contribution in [0.4, 0.5) is 13.2 Å². The summed E-state index contributed by atoms with van der Waals surface area (Å²) in [6.45, 7) is 4.48. The van der Waals surface area contributed by atoms with Crippen LogP contribution < -0.4 is 0 Å². The normalized spacial score (nSPS) is 12.1. The standard InChI is InChI=1S/C37H45F3O5/c1-3-5-7-9-10-11-16-26-43-45-36(42)31-24-25-32(28-17-13-12-14-18-28)33(27-31)29-20-22-30(23-21-29)35(41)44-34(37(38,39)40)19-15-8-6-4-2/h12-14,17-18,20-25,27,34H,3-11,15-16,19,26H2,1-2H3. The summed E-state index contributed by atoms with van der Waals surface area (Å²) in [6, 6.07) is 20.9. The van der Waals surface area contributed by atoms with E-state index in [-0.39, 0.29) is 17.5 Å². The minimum absolute atomic E-state index is 0.0112. The number of hydrogen-bond acceptors (Lipinski definition) is 5. The zero-order valence-corrected chi connectivity index (χ0v) is 26.4. The fourth-order valence-corrected chi connectivity index (χ4v) is 5.07. The maximum atomic E-state index is 13.6. The van der Waals surface area contributed by atoms with Crippen LogP contribution >= 0.6 is 0 Å². The van der Waals surface area contributed by atoms with E-state index in [1.807, 2.05) is 43.3 Å². The molecule has 0 radical (unpaired) electrons. The maximum Gasteiger partial charge on any atom is 0.425 e. The Morgan fingerprint density at radius 3 is 1.87 bits per heavy atom. The van der Waals surface area contributed by atoms with Gasteiger partial charge in [-0.15, -0.1) is 0 Å². The van der Waals surface area contributed by atoms with Crippen LogP contribution in [0.5, 0.6) is 0 Å². The summed E-state index contributed by atoms with van der Waals surface area (Å²) >= 11 is 0. The smallest absolute Gasteiger partial charge is 0.425 e. The Hall–Kier alpha value is -3.65. The first-order valence-corrected chi connectivity index (χ1v) is 16.2. The van der Waals surface area contributed by atoms with Gasteiger partial charge >= 0.3 is 18.1 Å². The van der Waals surface area contributed by atoms with Gasteiger partial charge in [0.1, 0.15) is 0 Å². The van der Waals surface area contributed by atoms with Crippen molar-refractivity contribution in [3.8, 4) is 22.3 Å². The molecule has 0 aromatic heterocycles. The molecule has 1 atom stereocenters. The molecule has 0 aliphatic rings. The highest BCUT2D eigenvalue weighted by atomic mass is 19.4. The summed E-state index contributed by atoms with van der Waals surface area (Å²) in [5.74, 6) is -1.66. The molecule has 45 heavy (non-hydrogen) atoms. The number of halogens is 3. The lowest BCUT2D eigenvalue weighted by atomic mass is 9.92. The zero-order chi connectivity index (χ0) is 32.5. The maximum absolute atomic E-state index is 13.6. The molecule has 0 aliphatic heterocycles. The van der Waals surface area contributed by atoms with Gasteiger partial charge in [-0.25, -0.2) is 9.59 Å². The largest absolute Gasteiger partial charge is 0.449 e. The molecule has 0 heterocycles. The van der Waals surface area contributed by atoms with Crippen molar-refractivity contribution in [2.45, 2.75) is 103 Å². The lowest BCUT2D eigenvalue weighted by Crippen LogP contribution is -2.33. The van der Waals surface area contributed by atoms with Gasteiger partial charge in [0, 0.05) is 0 Å². The second kappa shape index (κ2) is 19.0. The summed E-state index contributed by atoms with van der Waals surface area (Å²) in [6.07, 6.45) is 3.47. The lowest BCUT2D eigenvalue weighted by molar-refractivity contribution is -0.241. The number of ether oxygens (including phenoxy) is 1. The Bertz CT molecular complexity index is 1310. The van der Waals surface area contributed by atoms with E-state index in [9.17, 15) is 22.8 Å². The molecule has 244 valence electrons. The predicted octanol–water partition coefficient (Wildman–Crippen LogP) is 10.9. The zero-order valence-electron chi connectivity index (χ0n) is 26.4. The number of rotatable bonds is 19. The van der Waals surface area contributed by atoms with Crippen molar-refractivity contribution in [3.63, 3.8) is 0 Å². The third-order valence-corrected chi connectivity index (χ3v) is 7.67. The molecular weight excluding hydrogens is 581 g/mol. The van der Waals surface area contributed by atoms with Crippen LogP contribution in [0.25, 0.3) is 22.3 Å². The molecule has 8 heteroatoms. The van der Waals surface area contributed by atoms with Gasteiger partial charge in [0.15, 0.2) is 6.10 Å². The highest BCUT2D eigenvalue weighted by Gasteiger charge is 2.42. The van der Waals surface area contributed by atoms with Crippen LogP contribution in [0.3, 0.4) is 0 Å². The molecule has 0 saturated carbocycles. The van der Waals surface area contributed by atoms with E-state index in [0.717, 1.165) is 43.2 Å². The van der Waals surface area contributed by atoms with Crippen LogP contribution in [0, 0.1) is 0 Å². The Morgan fingerprint density at radius 2 is 1.22 bits per heavy atom. The Labute approximate surface area is 265 Å². The van der Waals surface area contributed by atoms with E-state index in [0.29, 0.717) is 30.6 Å². The van der Waals surface area contributed by atoms with Crippen molar-refractivity contribution < 1.29 is 37.3 Å². The van der Waals surface area contributed by atoms with Crippen LogP contribution in [0.2, 0.25) is 0 Å². The quantitative estimate of drug-likeness (QED) is 0.0573. The average Bonchev–Trinajstić information content (AvgIpc) is 3.05. The summed E-state index contributed by atoms with van der Waals surface area (Å²) < 4.78 is 45.6. The minimum atomic E-state index is -4.64. The third-order valence-electron chi connectivity index (χ3n) is 7.67.